The minimum absolute atomic E-state index is 0.0316. The highest BCUT2D eigenvalue weighted by Gasteiger charge is 2.06. The first-order valence-electron chi connectivity index (χ1n) is 4.90. The van der Waals surface area contributed by atoms with Gasteiger partial charge in [0.25, 0.3) is 0 Å². The number of rotatable bonds is 2. The van der Waals surface area contributed by atoms with Crippen LogP contribution in [0.25, 0.3) is 0 Å². The molecule has 17 heavy (non-hydrogen) atoms. The van der Waals surface area contributed by atoms with Crippen LogP contribution in [0.4, 0.5) is 10.1 Å². The average Bonchev–Trinajstić information content (AvgIpc) is 2.28. The van der Waals surface area contributed by atoms with Crippen LogP contribution in [0.1, 0.15) is 12.5 Å². The van der Waals surface area contributed by atoms with Gasteiger partial charge >= 0.3 is 5.97 Å². The smallest absolute Gasteiger partial charge is 0.384 e. The van der Waals surface area contributed by atoms with Gasteiger partial charge in [-0.2, -0.15) is 0 Å². The van der Waals surface area contributed by atoms with E-state index in [1.54, 1.807) is 6.92 Å². The summed E-state index contributed by atoms with van der Waals surface area (Å²) >= 11 is 0. The maximum absolute atomic E-state index is 13.4. The van der Waals surface area contributed by atoms with Crippen LogP contribution >= 0.6 is 0 Å². The van der Waals surface area contributed by atoms with Crippen molar-refractivity contribution in [3.05, 3.63) is 23.5 Å². The zero-order valence-corrected chi connectivity index (χ0v) is 9.54. The molecule has 0 unspecified atom stereocenters. The first-order valence-corrected chi connectivity index (χ1v) is 4.90. The fraction of sp³-hybridized carbons (Fsp3) is 0.250. The molecule has 4 nitrogen and oxygen atoms in total. The van der Waals surface area contributed by atoms with Crippen molar-refractivity contribution in [2.75, 3.05) is 19.5 Å². The van der Waals surface area contributed by atoms with Crippen LogP contribution in [0, 0.1) is 17.7 Å². The maximum Gasteiger partial charge on any atom is 0.384 e. The molecule has 0 atom stereocenters. The van der Waals surface area contributed by atoms with Gasteiger partial charge in [-0.1, -0.05) is 5.92 Å². The Morgan fingerprint density at radius 2 is 2.24 bits per heavy atom. The van der Waals surface area contributed by atoms with Crippen LogP contribution in [0.2, 0.25) is 0 Å². The second-order valence-electron chi connectivity index (χ2n) is 3.04. The van der Waals surface area contributed by atoms with Crippen LogP contribution in [-0.4, -0.2) is 19.7 Å². The summed E-state index contributed by atoms with van der Waals surface area (Å²) in [5, 5.41) is 0. The monoisotopic (exact) mass is 237 g/mol. The summed E-state index contributed by atoms with van der Waals surface area (Å²) in [4.78, 5) is 11.0. The lowest BCUT2D eigenvalue weighted by molar-refractivity contribution is -0.136. The summed E-state index contributed by atoms with van der Waals surface area (Å²) in [6.07, 6.45) is 0. The molecule has 5 heteroatoms. The van der Waals surface area contributed by atoms with Gasteiger partial charge in [-0.05, 0) is 6.92 Å². The Labute approximate surface area is 98.5 Å². The molecular formula is C12H12FNO3. The Bertz CT molecular complexity index is 489. The lowest BCUT2D eigenvalue weighted by Gasteiger charge is -2.05. The van der Waals surface area contributed by atoms with Crippen LogP contribution in [0.3, 0.4) is 0 Å². The molecule has 90 valence electrons. The molecule has 0 heterocycles. The lowest BCUT2D eigenvalue weighted by atomic mass is 10.2. The van der Waals surface area contributed by atoms with Gasteiger partial charge in [0, 0.05) is 18.1 Å². The minimum atomic E-state index is -0.706. The molecule has 0 aliphatic carbocycles. The third-order valence-electron chi connectivity index (χ3n) is 1.89. The van der Waals surface area contributed by atoms with E-state index >= 15 is 0 Å². The summed E-state index contributed by atoms with van der Waals surface area (Å²) in [6.45, 7) is 1.88. The number of anilines is 1. The van der Waals surface area contributed by atoms with Gasteiger partial charge in [-0.15, -0.1) is 0 Å². The Hall–Kier alpha value is -2.22. The summed E-state index contributed by atoms with van der Waals surface area (Å²) < 4.78 is 22.9. The molecule has 0 amide bonds. The number of hydrogen-bond acceptors (Lipinski definition) is 4. The van der Waals surface area contributed by atoms with Gasteiger partial charge in [0.1, 0.15) is 11.6 Å². The van der Waals surface area contributed by atoms with Crippen molar-refractivity contribution in [1.29, 1.82) is 0 Å². The van der Waals surface area contributed by atoms with Crippen molar-refractivity contribution in [2.45, 2.75) is 6.92 Å². The molecule has 1 aromatic rings. The van der Waals surface area contributed by atoms with Gasteiger partial charge in [-0.3, -0.25) is 0 Å². The molecule has 0 saturated carbocycles. The standard InChI is InChI=1S/C12H12FNO3/c1-3-17-12(15)5-4-8-6-11(16-2)10(14)7-9(8)13/h6-7H,3,14H2,1-2H3. The Balaban J connectivity index is 3.02. The molecule has 0 radical (unpaired) electrons. The molecule has 1 rings (SSSR count). The van der Waals surface area contributed by atoms with E-state index in [9.17, 15) is 9.18 Å². The fourth-order valence-corrected chi connectivity index (χ4v) is 1.13. The minimum Gasteiger partial charge on any atom is -0.495 e. The van der Waals surface area contributed by atoms with Gasteiger partial charge < -0.3 is 15.2 Å². The van der Waals surface area contributed by atoms with Crippen molar-refractivity contribution in [3.8, 4) is 17.6 Å². The summed E-state index contributed by atoms with van der Waals surface area (Å²) in [7, 11) is 1.41. The molecule has 0 aliphatic heterocycles. The highest BCUT2D eigenvalue weighted by Crippen LogP contribution is 2.24. The Kier molecular flexibility index (Phi) is 4.35. The fourth-order valence-electron chi connectivity index (χ4n) is 1.13. The molecule has 0 aromatic heterocycles. The summed E-state index contributed by atoms with van der Waals surface area (Å²) in [6, 6.07) is 2.42. The van der Waals surface area contributed by atoms with E-state index in [1.807, 2.05) is 0 Å². The predicted octanol–water partition coefficient (Wildman–Crippen LogP) is 1.33. The molecule has 1 aromatic carbocycles. The number of carbonyl (C=O) groups excluding carboxylic acids is 1. The van der Waals surface area contributed by atoms with E-state index < -0.39 is 11.8 Å². The van der Waals surface area contributed by atoms with Crippen LogP contribution in [0.5, 0.6) is 5.75 Å². The lowest BCUT2D eigenvalue weighted by Crippen LogP contribution is -2.00. The van der Waals surface area contributed by atoms with E-state index in [2.05, 4.69) is 16.6 Å². The van der Waals surface area contributed by atoms with Gasteiger partial charge in [0.15, 0.2) is 0 Å². The predicted molar refractivity (Wildman–Crippen MR) is 60.9 cm³/mol. The molecular weight excluding hydrogens is 225 g/mol. The first-order chi connectivity index (χ1) is 8.08. The van der Waals surface area contributed by atoms with Gasteiger partial charge in [-0.25, -0.2) is 9.18 Å². The number of hydrogen-bond donors (Lipinski definition) is 1. The maximum atomic E-state index is 13.4. The van der Waals surface area contributed by atoms with Crippen LogP contribution in [0.15, 0.2) is 12.1 Å². The number of benzene rings is 1. The van der Waals surface area contributed by atoms with Crippen molar-refractivity contribution in [3.63, 3.8) is 0 Å². The SMILES string of the molecule is CCOC(=O)C#Cc1cc(OC)c(N)cc1F. The zero-order chi connectivity index (χ0) is 12.8. The quantitative estimate of drug-likeness (QED) is 0.479. The van der Waals surface area contributed by atoms with Gasteiger partial charge in [0.2, 0.25) is 0 Å². The number of nitrogen functional groups attached to an aromatic ring is 1. The van der Waals surface area contributed by atoms with Crippen LogP contribution in [-0.2, 0) is 9.53 Å². The number of nitrogens with two attached hydrogens (primary N) is 1. The number of methoxy groups -OCH3 is 1. The van der Waals surface area contributed by atoms with Crippen molar-refractivity contribution in [2.24, 2.45) is 0 Å². The number of carbonyl (C=O) groups is 1. The number of ether oxygens (including phenoxy) is 2. The normalized spacial score (nSPS) is 9.12. The summed E-state index contributed by atoms with van der Waals surface area (Å²) in [5.74, 6) is 3.52. The van der Waals surface area contributed by atoms with Crippen molar-refractivity contribution >= 4 is 11.7 Å². The Morgan fingerprint density at radius 1 is 1.53 bits per heavy atom. The summed E-state index contributed by atoms with van der Waals surface area (Å²) in [5.41, 5.74) is 5.70. The highest BCUT2D eigenvalue weighted by atomic mass is 19.1. The van der Waals surface area contributed by atoms with Crippen molar-refractivity contribution < 1.29 is 18.7 Å². The zero-order valence-electron chi connectivity index (χ0n) is 9.54. The molecule has 0 fully saturated rings. The molecule has 0 spiro atoms. The second kappa shape index (κ2) is 5.75. The van der Waals surface area contributed by atoms with Gasteiger partial charge in [0.05, 0.1) is 25.0 Å². The average molecular weight is 237 g/mol. The van der Waals surface area contributed by atoms with E-state index in [4.69, 9.17) is 10.5 Å². The first kappa shape index (κ1) is 12.8. The van der Waals surface area contributed by atoms with Crippen LogP contribution < -0.4 is 10.5 Å². The molecule has 0 aliphatic rings. The van der Waals surface area contributed by atoms with Crippen molar-refractivity contribution in [1.82, 2.24) is 0 Å². The molecule has 0 saturated heterocycles. The van der Waals surface area contributed by atoms with E-state index in [0.29, 0.717) is 5.75 Å². The highest BCUT2D eigenvalue weighted by molar-refractivity contribution is 5.89. The third kappa shape index (κ3) is 3.38. The molecule has 2 N–H and O–H groups in total. The largest absolute Gasteiger partial charge is 0.495 e. The number of halogens is 1. The third-order valence-corrected chi connectivity index (χ3v) is 1.89. The van der Waals surface area contributed by atoms with E-state index in [1.165, 1.54) is 13.2 Å². The molecule has 0 bridgehead atoms. The topological polar surface area (TPSA) is 61.5 Å². The van der Waals surface area contributed by atoms with E-state index in [-0.39, 0.29) is 17.9 Å². The Morgan fingerprint density at radius 3 is 2.82 bits per heavy atom. The van der Waals surface area contributed by atoms with E-state index in [0.717, 1.165) is 6.07 Å². The number of esters is 1. The second-order valence-corrected chi connectivity index (χ2v) is 3.04.